The third kappa shape index (κ3) is 10.5. The van der Waals surface area contributed by atoms with Gasteiger partial charge in [-0.25, -0.2) is 22.9 Å². The van der Waals surface area contributed by atoms with Crippen LogP contribution in [0, 0.1) is 11.3 Å². The van der Waals surface area contributed by atoms with Crippen LogP contribution in [0.2, 0.25) is 0 Å². The van der Waals surface area contributed by atoms with Gasteiger partial charge in [-0.1, -0.05) is 90.1 Å². The summed E-state index contributed by atoms with van der Waals surface area (Å²) in [5.74, 6) is -1.79. The van der Waals surface area contributed by atoms with Crippen molar-refractivity contribution in [1.29, 1.82) is 0 Å². The molecule has 1 aromatic heterocycles. The van der Waals surface area contributed by atoms with Crippen molar-refractivity contribution in [1.82, 2.24) is 25.2 Å². The number of benzene rings is 3. The molecule has 2 heterocycles. The first kappa shape index (κ1) is 46.5. The molecule has 4 aromatic rings. The molecular weight excluding hydrogens is 823 g/mol. The summed E-state index contributed by atoms with van der Waals surface area (Å²) < 4.78 is 47.1. The van der Waals surface area contributed by atoms with Gasteiger partial charge in [0.15, 0.2) is 0 Å². The van der Waals surface area contributed by atoms with E-state index in [2.05, 4.69) is 21.9 Å². The fraction of sp³-hybridized carbons (Fsp3) is 0.438. The Bertz CT molecular complexity index is 2510. The lowest BCUT2D eigenvalue weighted by atomic mass is 9.85. The summed E-state index contributed by atoms with van der Waals surface area (Å²) in [6.45, 7) is 20.2. The summed E-state index contributed by atoms with van der Waals surface area (Å²) in [5.41, 5.74) is -0.650. The van der Waals surface area contributed by atoms with Crippen LogP contribution in [0.4, 0.5) is 4.79 Å². The largest absolute Gasteiger partial charge is 0.497 e. The highest BCUT2D eigenvalue weighted by Crippen LogP contribution is 2.45. The highest BCUT2D eigenvalue weighted by molar-refractivity contribution is 7.90. The molecule has 0 spiro atoms. The lowest BCUT2D eigenvalue weighted by molar-refractivity contribution is -0.143. The topological polar surface area (TPSA) is 182 Å². The number of rotatable bonds is 12. The van der Waals surface area contributed by atoms with E-state index in [4.69, 9.17) is 19.2 Å². The van der Waals surface area contributed by atoms with Gasteiger partial charge in [0, 0.05) is 35.4 Å². The summed E-state index contributed by atoms with van der Waals surface area (Å²) in [4.78, 5) is 62.8. The Labute approximate surface area is 370 Å². The zero-order chi connectivity index (χ0) is 46.3. The number of nitrogens with one attached hydrogen (secondary N) is 3. The maximum atomic E-state index is 14.8. The summed E-state index contributed by atoms with van der Waals surface area (Å²) in [7, 11) is -2.79. The molecule has 336 valence electrons. The molecule has 14 nitrogen and oxygen atoms in total. The average molecular weight is 882 g/mol. The van der Waals surface area contributed by atoms with Crippen LogP contribution in [0.5, 0.6) is 11.5 Å². The van der Waals surface area contributed by atoms with E-state index in [1.54, 1.807) is 79.0 Å². The minimum atomic E-state index is -4.35. The van der Waals surface area contributed by atoms with E-state index in [1.807, 2.05) is 57.2 Å². The monoisotopic (exact) mass is 881 g/mol. The van der Waals surface area contributed by atoms with Crippen molar-refractivity contribution >= 4 is 44.7 Å². The number of carbonyl (C=O) groups excluding carboxylic acids is 4. The van der Waals surface area contributed by atoms with Gasteiger partial charge in [-0.2, -0.15) is 0 Å². The fourth-order valence-electron chi connectivity index (χ4n) is 7.70. The van der Waals surface area contributed by atoms with Crippen molar-refractivity contribution in [2.24, 2.45) is 11.3 Å². The second-order valence-electron chi connectivity index (χ2n) is 19.4. The average Bonchev–Trinajstić information content (AvgIpc) is 3.77. The first-order chi connectivity index (χ1) is 29.3. The third-order valence-corrected chi connectivity index (χ3v) is 12.6. The molecule has 2 fully saturated rings. The normalized spacial score (nSPS) is 20.6. The molecule has 1 saturated carbocycles. The number of methoxy groups -OCH3 is 1. The van der Waals surface area contributed by atoms with Crippen LogP contribution < -0.4 is 24.8 Å². The molecular formula is C48H59N5O9S. The number of pyridine rings is 1. The highest BCUT2D eigenvalue weighted by Gasteiger charge is 2.61. The van der Waals surface area contributed by atoms with Crippen LogP contribution in [0.15, 0.2) is 96.4 Å². The van der Waals surface area contributed by atoms with Crippen LogP contribution in [0.1, 0.15) is 80.7 Å². The van der Waals surface area contributed by atoms with Crippen LogP contribution in [-0.2, 0) is 34.6 Å². The number of hydrogen-bond donors (Lipinski definition) is 3. The molecule has 2 aliphatic rings. The van der Waals surface area contributed by atoms with E-state index in [0.29, 0.717) is 28.1 Å². The molecule has 6 rings (SSSR count). The van der Waals surface area contributed by atoms with Crippen molar-refractivity contribution < 1.29 is 41.8 Å². The number of alkyl carbamates (subject to hydrolysis) is 1. The zero-order valence-corrected chi connectivity index (χ0v) is 38.5. The van der Waals surface area contributed by atoms with E-state index in [0.717, 1.165) is 11.1 Å². The number of carbonyl (C=O) groups is 4. The predicted octanol–water partition coefficient (Wildman–Crippen LogP) is 7.06. The Hall–Kier alpha value is -5.96. The van der Waals surface area contributed by atoms with Gasteiger partial charge in [0.25, 0.3) is 15.9 Å². The van der Waals surface area contributed by atoms with E-state index in [9.17, 15) is 27.6 Å². The third-order valence-electron chi connectivity index (χ3n) is 11.3. The summed E-state index contributed by atoms with van der Waals surface area (Å²) in [6, 6.07) is 20.6. The van der Waals surface area contributed by atoms with E-state index < -0.39 is 74.5 Å². The van der Waals surface area contributed by atoms with Gasteiger partial charge in [-0.15, -0.1) is 6.58 Å². The number of ether oxygens (including phenoxy) is 3. The Morgan fingerprint density at radius 2 is 1.59 bits per heavy atom. The van der Waals surface area contributed by atoms with Gasteiger partial charge in [0.2, 0.25) is 11.8 Å². The molecule has 5 atom stereocenters. The molecule has 63 heavy (non-hydrogen) atoms. The Morgan fingerprint density at radius 3 is 2.16 bits per heavy atom. The Kier molecular flexibility index (Phi) is 12.8. The lowest BCUT2D eigenvalue weighted by Gasteiger charge is -2.36. The molecule has 0 bridgehead atoms. The number of aromatic nitrogens is 1. The number of nitrogens with zero attached hydrogens (tertiary/aromatic N) is 2. The second kappa shape index (κ2) is 17.3. The summed E-state index contributed by atoms with van der Waals surface area (Å²) >= 11 is 0. The minimum absolute atomic E-state index is 0.0175. The highest BCUT2D eigenvalue weighted by atomic mass is 32.2. The molecule has 1 aliphatic heterocycles. The van der Waals surface area contributed by atoms with Gasteiger partial charge in [0.05, 0.1) is 29.8 Å². The van der Waals surface area contributed by atoms with Gasteiger partial charge < -0.3 is 29.7 Å². The zero-order valence-electron chi connectivity index (χ0n) is 37.7. The van der Waals surface area contributed by atoms with E-state index in [-0.39, 0.29) is 29.7 Å². The Morgan fingerprint density at radius 1 is 0.921 bits per heavy atom. The first-order valence-electron chi connectivity index (χ1n) is 21.0. The Balaban J connectivity index is 1.34. The number of amides is 4. The minimum Gasteiger partial charge on any atom is -0.497 e. The fourth-order valence-corrected chi connectivity index (χ4v) is 8.73. The maximum Gasteiger partial charge on any atom is 0.408 e. The molecule has 2 unspecified atom stereocenters. The van der Waals surface area contributed by atoms with Crippen molar-refractivity contribution in [2.45, 2.75) is 115 Å². The van der Waals surface area contributed by atoms with Crippen LogP contribution in [0.25, 0.3) is 22.2 Å². The smallest absolute Gasteiger partial charge is 0.408 e. The molecule has 3 aromatic carbocycles. The molecule has 1 aliphatic carbocycles. The predicted molar refractivity (Wildman–Crippen MR) is 241 cm³/mol. The van der Waals surface area contributed by atoms with Crippen molar-refractivity contribution in [3.63, 3.8) is 0 Å². The number of sulfonamides is 1. The lowest BCUT2D eigenvalue weighted by Crippen LogP contribution is -2.60. The van der Waals surface area contributed by atoms with Gasteiger partial charge in [-0.05, 0) is 67.9 Å². The van der Waals surface area contributed by atoms with Crippen molar-refractivity contribution in [3.8, 4) is 22.8 Å². The van der Waals surface area contributed by atoms with Gasteiger partial charge in [0.1, 0.15) is 40.8 Å². The number of hydrogen-bond acceptors (Lipinski definition) is 10. The summed E-state index contributed by atoms with van der Waals surface area (Å²) in [6.07, 6.45) is -0.0304. The van der Waals surface area contributed by atoms with Crippen LogP contribution in [0.3, 0.4) is 0 Å². The van der Waals surface area contributed by atoms with Crippen LogP contribution >= 0.6 is 0 Å². The molecule has 1 saturated heterocycles. The number of likely N-dealkylation sites (tertiary alicyclic amines) is 1. The SMILES string of the molecule is C=CC1CC1(NC(=O)[C@@H]1C[C@@H](Oc2cc(-c3ccccc3)nc3cc(OC)ccc23)CN1C(=O)[C@@H](NC(=O)OC(C)(C)C)C(C)(C)C)C(=O)NS(=O)(=O)c1ccc(C(C)(C)C)cc1. The summed E-state index contributed by atoms with van der Waals surface area (Å²) in [5, 5.41) is 6.23. The molecule has 4 amide bonds. The van der Waals surface area contributed by atoms with Crippen LogP contribution in [-0.4, -0.2) is 85.1 Å². The number of fused-ring (bicyclic) bond motifs is 1. The molecule has 0 radical (unpaired) electrons. The van der Waals surface area contributed by atoms with Crippen molar-refractivity contribution in [2.75, 3.05) is 13.7 Å². The van der Waals surface area contributed by atoms with Crippen molar-refractivity contribution in [3.05, 3.63) is 97.1 Å². The quantitative estimate of drug-likeness (QED) is 0.125. The first-order valence-corrected chi connectivity index (χ1v) is 22.5. The maximum absolute atomic E-state index is 14.8. The standard InChI is InChI=1S/C48H59N5O9S/c1-12-30-27-48(30,43(56)52-63(58,59)34-21-18-31(19-22-34)45(2,3)4)51-41(54)38-25-33(28-53(38)42(55)40(46(5,6)7)50-44(57)62-47(8,9)10)61-39-26-36(29-16-14-13-15-17-29)49-37-24-32(60-11)20-23-35(37)39/h12-24,26,30,33,38,40H,1,25,27-28H2,2-11H3,(H,50,57)(H,51,54)(H,52,56)/t30?,33-,38+,40-,48?/m1/s1. The molecule has 15 heteroatoms. The molecule has 3 N–H and O–H groups in total. The van der Waals surface area contributed by atoms with E-state index in [1.165, 1.54) is 23.1 Å². The van der Waals surface area contributed by atoms with E-state index >= 15 is 0 Å². The van der Waals surface area contributed by atoms with Gasteiger partial charge >= 0.3 is 6.09 Å². The second-order valence-corrected chi connectivity index (χ2v) is 21.1. The van der Waals surface area contributed by atoms with Gasteiger partial charge in [-0.3, -0.25) is 14.4 Å².